The van der Waals surface area contributed by atoms with E-state index in [0.29, 0.717) is 5.56 Å². The molecule has 0 saturated carbocycles. The second-order valence-electron chi connectivity index (χ2n) is 3.12. The van der Waals surface area contributed by atoms with Crippen molar-refractivity contribution in [3.63, 3.8) is 0 Å². The molecule has 0 unspecified atom stereocenters. The average molecular weight is 254 g/mol. The number of nitrogens with zero attached hydrogens (tertiary/aromatic N) is 2. The first-order valence-corrected chi connectivity index (χ1v) is 3.87. The van der Waals surface area contributed by atoms with E-state index in [0.717, 1.165) is 11.6 Å². The molecule has 0 atom stereocenters. The minimum Gasteiger partial charge on any atom is -0.316 e. The molecule has 0 amide bonds. The number of hydrogen-bond donors (Lipinski definition) is 0. The van der Waals surface area contributed by atoms with Crippen molar-refractivity contribution in [1.29, 1.82) is 0 Å². The summed E-state index contributed by atoms with van der Waals surface area (Å²) in [6, 6.07) is 0. The van der Waals surface area contributed by atoms with Crippen LogP contribution in [-0.4, -0.2) is 15.6 Å². The van der Waals surface area contributed by atoms with Crippen LogP contribution in [0.1, 0.15) is 36.8 Å². The van der Waals surface area contributed by atoms with Crippen LogP contribution in [0.3, 0.4) is 0 Å². The molecule has 1 aromatic rings. The van der Waals surface area contributed by atoms with E-state index >= 15 is 0 Å². The molecule has 0 aliphatic carbocycles. The van der Waals surface area contributed by atoms with Crippen LogP contribution in [0, 0.1) is 5.92 Å². The average Bonchev–Trinajstić information content (AvgIpc) is 2.31. The van der Waals surface area contributed by atoms with Crippen molar-refractivity contribution in [3.05, 3.63) is 23.4 Å². The number of aryl methyl sites for hydroxylation is 1. The normalized spacial score (nSPS) is 9.23. The molecule has 0 saturated heterocycles. The fraction of sp³-hybridized carbons (Fsp3) is 0.444. The second kappa shape index (κ2) is 4.92. The Hall–Kier alpha value is -0.146. The summed E-state index contributed by atoms with van der Waals surface area (Å²) in [5.74, 6) is 1.14. The first kappa shape index (κ1) is 12.9. The molecule has 3 nitrogen and oxygen atoms in total. The molecule has 1 heterocycles. The first-order valence-electron chi connectivity index (χ1n) is 3.87. The topological polar surface area (TPSA) is 34.9 Å². The number of ketones is 1. The minimum absolute atomic E-state index is 0. The van der Waals surface area contributed by atoms with Gasteiger partial charge in [0.2, 0.25) is 0 Å². The molecule has 69 valence electrons. The molecule has 0 spiro atoms. The van der Waals surface area contributed by atoms with E-state index in [4.69, 9.17) is 0 Å². The maximum absolute atomic E-state index is 11.1. The summed E-state index contributed by atoms with van der Waals surface area (Å²) in [5.41, 5.74) is 1.52. The van der Waals surface area contributed by atoms with Gasteiger partial charge in [0, 0.05) is 39.8 Å². The molecule has 1 radical (unpaired) electrons. The molecular weight excluding hydrogens is 241 g/mol. The molecule has 0 aliphatic heterocycles. The number of Topliss-reactive ketones (excluding diaryl/α,β-unsaturated/α-hetero) is 1. The molecule has 0 N–H and O–H groups in total. The zero-order valence-corrected chi connectivity index (χ0v) is 11.3. The largest absolute Gasteiger partial charge is 0.316 e. The molecule has 13 heavy (non-hydrogen) atoms. The summed E-state index contributed by atoms with van der Waals surface area (Å²) in [7, 11) is 1.82. The Bertz CT molecular complexity index is 305. The van der Waals surface area contributed by atoms with E-state index in [1.165, 1.54) is 0 Å². The molecule has 0 aliphatic rings. The van der Waals surface area contributed by atoms with Crippen LogP contribution in [0.15, 0.2) is 6.20 Å². The van der Waals surface area contributed by atoms with Crippen LogP contribution in [0.5, 0.6) is 0 Å². The summed E-state index contributed by atoms with van der Waals surface area (Å²) >= 11 is 0. The van der Waals surface area contributed by atoms with E-state index in [2.05, 4.69) is 5.10 Å². The van der Waals surface area contributed by atoms with Gasteiger partial charge in [0.25, 0.3) is 0 Å². The van der Waals surface area contributed by atoms with Crippen molar-refractivity contribution < 1.29 is 37.5 Å². The molecule has 0 bridgehead atoms. The fourth-order valence-electron chi connectivity index (χ4n) is 1.12. The van der Waals surface area contributed by atoms with Gasteiger partial charge in [0.05, 0.1) is 5.78 Å². The number of aromatic nitrogens is 2. The van der Waals surface area contributed by atoms with Crippen molar-refractivity contribution in [3.8, 4) is 0 Å². The quantitative estimate of drug-likeness (QED) is 0.593. The fourth-order valence-corrected chi connectivity index (χ4v) is 1.12. The zero-order chi connectivity index (χ0) is 9.30. The second-order valence-corrected chi connectivity index (χ2v) is 3.12. The summed E-state index contributed by atoms with van der Waals surface area (Å²) in [4.78, 5) is 11.1. The van der Waals surface area contributed by atoms with Gasteiger partial charge in [0.15, 0.2) is 0 Å². The molecule has 1 aromatic heterocycles. The van der Waals surface area contributed by atoms with Crippen molar-refractivity contribution in [1.82, 2.24) is 9.78 Å². The van der Waals surface area contributed by atoms with Gasteiger partial charge < -0.3 is 4.79 Å². The van der Waals surface area contributed by atoms with E-state index in [-0.39, 0.29) is 38.5 Å². The van der Waals surface area contributed by atoms with E-state index in [9.17, 15) is 4.79 Å². The Kier molecular flexibility index (Phi) is 4.86. The SMILES string of the molecule is CC(=O)c1cn(C)nc1[C-](C)C.[Y]. The number of carbonyl (C=O) groups excluding carboxylic acids is 1. The van der Waals surface area contributed by atoms with E-state index in [1.807, 2.05) is 20.9 Å². The summed E-state index contributed by atoms with van der Waals surface area (Å²) in [6.45, 7) is 5.47. The van der Waals surface area contributed by atoms with Crippen molar-refractivity contribution in [2.75, 3.05) is 0 Å². The Labute approximate surface area is 104 Å². The van der Waals surface area contributed by atoms with Gasteiger partial charge in [-0.1, -0.05) is 11.3 Å². The van der Waals surface area contributed by atoms with Gasteiger partial charge in [-0.15, -0.1) is 13.8 Å². The predicted molar refractivity (Wildman–Crippen MR) is 46.9 cm³/mol. The smallest absolute Gasteiger partial charge is 0.0834 e. The summed E-state index contributed by atoms with van der Waals surface area (Å²) < 4.78 is 1.67. The Morgan fingerprint density at radius 2 is 2.08 bits per heavy atom. The number of hydrogen-bond acceptors (Lipinski definition) is 2. The van der Waals surface area contributed by atoms with Crippen LogP contribution < -0.4 is 0 Å². The number of rotatable bonds is 2. The minimum atomic E-state index is 0. The molecule has 4 heteroatoms. The van der Waals surface area contributed by atoms with Crippen LogP contribution in [0.25, 0.3) is 0 Å². The maximum Gasteiger partial charge on any atom is 0.0834 e. The zero-order valence-electron chi connectivity index (χ0n) is 8.46. The van der Waals surface area contributed by atoms with Gasteiger partial charge in [0.1, 0.15) is 0 Å². The van der Waals surface area contributed by atoms with Crippen molar-refractivity contribution >= 4 is 5.78 Å². The van der Waals surface area contributed by atoms with Crippen LogP contribution in [0.4, 0.5) is 0 Å². The Morgan fingerprint density at radius 1 is 1.54 bits per heavy atom. The van der Waals surface area contributed by atoms with Gasteiger partial charge in [-0.2, -0.15) is 5.92 Å². The Balaban J connectivity index is 0.00000144. The summed E-state index contributed by atoms with van der Waals surface area (Å²) in [6.07, 6.45) is 1.75. The summed E-state index contributed by atoms with van der Waals surface area (Å²) in [5, 5.41) is 4.19. The monoisotopic (exact) mass is 254 g/mol. The Morgan fingerprint density at radius 3 is 2.38 bits per heavy atom. The molecule has 0 fully saturated rings. The van der Waals surface area contributed by atoms with Gasteiger partial charge in [-0.25, -0.2) is 5.10 Å². The van der Waals surface area contributed by atoms with Crippen LogP contribution in [0.2, 0.25) is 0 Å². The molecular formula is C9H13N2OY-. The predicted octanol–water partition coefficient (Wildman–Crippen LogP) is 1.58. The molecule has 0 aromatic carbocycles. The van der Waals surface area contributed by atoms with Gasteiger partial charge in [-0.05, 0) is 13.1 Å². The third-order valence-corrected chi connectivity index (χ3v) is 1.68. The first-order chi connectivity index (χ1) is 5.52. The van der Waals surface area contributed by atoms with Crippen molar-refractivity contribution in [2.24, 2.45) is 7.05 Å². The van der Waals surface area contributed by atoms with Crippen molar-refractivity contribution in [2.45, 2.75) is 20.8 Å². The third kappa shape index (κ3) is 2.92. The third-order valence-electron chi connectivity index (χ3n) is 1.68. The standard InChI is InChI=1S/C9H13N2O.Y/c1-6(2)9-8(7(3)12)5-11(4)10-9;/h5H,1-4H3;/q-1;. The molecule has 1 rings (SSSR count). The van der Waals surface area contributed by atoms with Crippen LogP contribution in [-0.2, 0) is 39.8 Å². The number of carbonyl (C=O) groups is 1. The van der Waals surface area contributed by atoms with E-state index < -0.39 is 0 Å². The van der Waals surface area contributed by atoms with Gasteiger partial charge >= 0.3 is 0 Å². The van der Waals surface area contributed by atoms with Crippen LogP contribution >= 0.6 is 0 Å². The van der Waals surface area contributed by atoms with E-state index in [1.54, 1.807) is 17.8 Å². The maximum atomic E-state index is 11.1. The van der Waals surface area contributed by atoms with Gasteiger partial charge in [-0.3, -0.25) is 4.68 Å².